The van der Waals surface area contributed by atoms with E-state index < -0.39 is 18.0 Å². The second kappa shape index (κ2) is 25.1. The van der Waals surface area contributed by atoms with Crippen molar-refractivity contribution < 1.29 is 29.4 Å². The fourth-order valence-corrected chi connectivity index (χ4v) is 5.06. The van der Waals surface area contributed by atoms with Gasteiger partial charge in [-0.1, -0.05) is 111 Å². The van der Waals surface area contributed by atoms with Crippen LogP contribution in [0.25, 0.3) is 0 Å². The Hall–Kier alpha value is -1.92. The van der Waals surface area contributed by atoms with Crippen molar-refractivity contribution in [1.29, 1.82) is 0 Å². The number of aliphatic carboxylic acids is 2. The van der Waals surface area contributed by atoms with Crippen LogP contribution in [0.2, 0.25) is 0 Å². The van der Waals surface area contributed by atoms with Crippen molar-refractivity contribution >= 4 is 23.6 Å². The molecule has 0 unspecified atom stereocenters. The average molecular weight is 554 g/mol. The minimum Gasteiger partial charge on any atom is -0.481 e. The van der Waals surface area contributed by atoms with Crippen molar-refractivity contribution in [2.45, 2.75) is 168 Å². The van der Waals surface area contributed by atoms with Crippen molar-refractivity contribution in [1.82, 2.24) is 5.32 Å². The van der Waals surface area contributed by atoms with Gasteiger partial charge in [-0.25, -0.2) is 4.79 Å². The molecular formula is C32H59NO6. The first-order valence-corrected chi connectivity index (χ1v) is 15.9. The molecule has 0 aliphatic rings. The highest BCUT2D eigenvalue weighted by atomic mass is 16.4. The van der Waals surface area contributed by atoms with Crippen LogP contribution in [0.5, 0.6) is 0 Å². The van der Waals surface area contributed by atoms with Gasteiger partial charge in [0.15, 0.2) is 0 Å². The van der Waals surface area contributed by atoms with Gasteiger partial charge >= 0.3 is 11.9 Å². The Bertz CT molecular complexity index is 663. The van der Waals surface area contributed by atoms with Gasteiger partial charge in [0, 0.05) is 19.3 Å². The molecule has 228 valence electrons. The molecule has 0 saturated heterocycles. The number of hydrogen-bond donors (Lipinski definition) is 3. The highest BCUT2D eigenvalue weighted by Crippen LogP contribution is 2.20. The molecule has 2 atom stereocenters. The third-order valence-electron chi connectivity index (χ3n) is 7.47. The first kappa shape index (κ1) is 37.1. The summed E-state index contributed by atoms with van der Waals surface area (Å²) < 4.78 is 0. The van der Waals surface area contributed by atoms with Crippen LogP contribution in [0.4, 0.5) is 0 Å². The first-order chi connectivity index (χ1) is 18.7. The molecule has 39 heavy (non-hydrogen) atoms. The number of carbonyl (C=O) groups is 4. The summed E-state index contributed by atoms with van der Waals surface area (Å²) in [4.78, 5) is 47.3. The molecule has 0 aliphatic heterocycles. The maximum Gasteiger partial charge on any atom is 0.326 e. The molecular weight excluding hydrogens is 494 g/mol. The Balaban J connectivity index is 3.88. The van der Waals surface area contributed by atoms with Gasteiger partial charge in [-0.05, 0) is 38.0 Å². The zero-order valence-electron chi connectivity index (χ0n) is 25.3. The number of amides is 1. The number of nitrogens with one attached hydrogen (secondary N) is 1. The normalized spacial score (nSPS) is 12.8. The van der Waals surface area contributed by atoms with E-state index in [1.807, 2.05) is 13.8 Å². The van der Waals surface area contributed by atoms with Crippen molar-refractivity contribution in [3.8, 4) is 0 Å². The second-order valence-corrected chi connectivity index (χ2v) is 11.8. The van der Waals surface area contributed by atoms with E-state index in [2.05, 4.69) is 12.2 Å². The topological polar surface area (TPSA) is 121 Å². The SMILES string of the molecule is CCCCCCCCCCCCCCCC(=O)N[C@@H](CCC(=O)CCCCC[C@H](CC(C)C)C(=O)O)C(=O)O. The van der Waals surface area contributed by atoms with Crippen LogP contribution in [0.3, 0.4) is 0 Å². The lowest BCUT2D eigenvalue weighted by atomic mass is 9.92. The number of carboxylic acid groups (broad SMARTS) is 2. The molecule has 0 spiro atoms. The molecule has 0 aromatic heterocycles. The zero-order valence-corrected chi connectivity index (χ0v) is 25.3. The summed E-state index contributed by atoms with van der Waals surface area (Å²) in [7, 11) is 0. The van der Waals surface area contributed by atoms with Crippen LogP contribution >= 0.6 is 0 Å². The van der Waals surface area contributed by atoms with Gasteiger partial charge in [0.1, 0.15) is 11.8 Å². The molecule has 0 radical (unpaired) electrons. The van der Waals surface area contributed by atoms with Gasteiger partial charge in [0.2, 0.25) is 5.91 Å². The summed E-state index contributed by atoms with van der Waals surface area (Å²) in [6, 6.07) is -1.03. The number of carbonyl (C=O) groups excluding carboxylic acids is 2. The predicted octanol–water partition coefficient (Wildman–Crippen LogP) is 8.08. The lowest BCUT2D eigenvalue weighted by molar-refractivity contribution is -0.143. The number of carboxylic acids is 2. The second-order valence-electron chi connectivity index (χ2n) is 11.8. The molecule has 0 aromatic rings. The summed E-state index contributed by atoms with van der Waals surface area (Å²) in [5.74, 6) is -2.12. The Labute approximate surface area is 238 Å². The maximum absolute atomic E-state index is 12.2. The Kier molecular flexibility index (Phi) is 23.8. The van der Waals surface area contributed by atoms with Crippen LogP contribution in [-0.4, -0.2) is 39.9 Å². The summed E-state index contributed by atoms with van der Waals surface area (Å²) in [6.45, 7) is 6.27. The summed E-state index contributed by atoms with van der Waals surface area (Å²) in [5.41, 5.74) is 0. The van der Waals surface area contributed by atoms with Gasteiger partial charge < -0.3 is 15.5 Å². The lowest BCUT2D eigenvalue weighted by Gasteiger charge is -2.15. The monoisotopic (exact) mass is 553 g/mol. The van der Waals surface area contributed by atoms with Crippen LogP contribution in [0, 0.1) is 11.8 Å². The first-order valence-electron chi connectivity index (χ1n) is 15.9. The average Bonchev–Trinajstić information content (AvgIpc) is 2.87. The minimum atomic E-state index is -1.11. The molecule has 0 saturated carbocycles. The third kappa shape index (κ3) is 23.7. The van der Waals surface area contributed by atoms with Crippen molar-refractivity contribution in [3.05, 3.63) is 0 Å². The van der Waals surface area contributed by atoms with Crippen LogP contribution in [0.15, 0.2) is 0 Å². The number of unbranched alkanes of at least 4 members (excludes halogenated alkanes) is 14. The largest absolute Gasteiger partial charge is 0.481 e. The van der Waals surface area contributed by atoms with Gasteiger partial charge in [-0.15, -0.1) is 0 Å². The Morgan fingerprint density at radius 1 is 0.590 bits per heavy atom. The molecule has 0 aromatic carbocycles. The van der Waals surface area contributed by atoms with Gasteiger partial charge in [0.25, 0.3) is 0 Å². The van der Waals surface area contributed by atoms with E-state index in [9.17, 15) is 29.4 Å². The van der Waals surface area contributed by atoms with E-state index in [-0.39, 0.29) is 30.4 Å². The van der Waals surface area contributed by atoms with Crippen LogP contribution < -0.4 is 5.32 Å². The molecule has 0 heterocycles. The standard InChI is InChI=1S/C32H59NO6/c1-4-5-6-7-8-9-10-11-12-13-14-15-19-22-30(35)33-29(32(38)39)24-23-28(34)21-18-16-17-20-27(31(36)37)25-26(2)3/h26-27,29H,4-25H2,1-3H3,(H,33,35)(H,36,37)(H,38,39)/t27-,29+/m1/s1. The molecule has 7 heteroatoms. The number of ketones is 1. The third-order valence-corrected chi connectivity index (χ3v) is 7.47. The minimum absolute atomic E-state index is 0.0102. The molecule has 1 amide bonds. The Morgan fingerprint density at radius 2 is 1.08 bits per heavy atom. The van der Waals surface area contributed by atoms with Crippen molar-refractivity contribution in [2.24, 2.45) is 11.8 Å². The van der Waals surface area contributed by atoms with E-state index in [0.29, 0.717) is 38.0 Å². The molecule has 0 aliphatic carbocycles. The van der Waals surface area contributed by atoms with Gasteiger partial charge in [-0.3, -0.25) is 14.4 Å². The van der Waals surface area contributed by atoms with E-state index in [1.54, 1.807) is 0 Å². The highest BCUT2D eigenvalue weighted by Gasteiger charge is 2.21. The predicted molar refractivity (Wildman–Crippen MR) is 158 cm³/mol. The van der Waals surface area contributed by atoms with Gasteiger partial charge in [0.05, 0.1) is 5.92 Å². The van der Waals surface area contributed by atoms with E-state index >= 15 is 0 Å². The van der Waals surface area contributed by atoms with E-state index in [1.165, 1.54) is 64.2 Å². The van der Waals surface area contributed by atoms with Crippen LogP contribution in [0.1, 0.15) is 162 Å². The summed E-state index contributed by atoms with van der Waals surface area (Å²) >= 11 is 0. The van der Waals surface area contributed by atoms with Crippen molar-refractivity contribution in [2.75, 3.05) is 0 Å². The number of hydrogen-bond acceptors (Lipinski definition) is 4. The van der Waals surface area contributed by atoms with E-state index in [0.717, 1.165) is 32.1 Å². The summed E-state index contributed by atoms with van der Waals surface area (Å²) in [5, 5.41) is 21.3. The fourth-order valence-electron chi connectivity index (χ4n) is 5.06. The molecule has 3 N–H and O–H groups in total. The highest BCUT2D eigenvalue weighted by molar-refractivity contribution is 5.84. The number of Topliss-reactive ketones (excluding diaryl/α,β-unsaturated/α-hetero) is 1. The van der Waals surface area contributed by atoms with Gasteiger partial charge in [-0.2, -0.15) is 0 Å². The summed E-state index contributed by atoms with van der Waals surface area (Å²) in [6.07, 6.45) is 20.4. The quantitative estimate of drug-likeness (QED) is 0.0842. The van der Waals surface area contributed by atoms with E-state index in [4.69, 9.17) is 0 Å². The number of rotatable bonds is 28. The molecule has 7 nitrogen and oxygen atoms in total. The van der Waals surface area contributed by atoms with Crippen molar-refractivity contribution in [3.63, 3.8) is 0 Å². The zero-order chi connectivity index (χ0) is 29.3. The molecule has 0 fully saturated rings. The Morgan fingerprint density at radius 3 is 1.56 bits per heavy atom. The lowest BCUT2D eigenvalue weighted by Crippen LogP contribution is -2.41. The maximum atomic E-state index is 12.2. The molecule has 0 bridgehead atoms. The van der Waals surface area contributed by atoms with Crippen LogP contribution in [-0.2, 0) is 19.2 Å². The smallest absolute Gasteiger partial charge is 0.326 e. The molecule has 0 rings (SSSR count). The fraction of sp³-hybridized carbons (Fsp3) is 0.875.